The third-order valence-corrected chi connectivity index (χ3v) is 5.60. The van der Waals surface area contributed by atoms with Gasteiger partial charge in [0.1, 0.15) is 0 Å². The molecule has 1 aliphatic heterocycles. The number of rotatable bonds is 8. The molecule has 0 aromatic carbocycles. The Balaban J connectivity index is 1.59. The van der Waals surface area contributed by atoms with E-state index in [1.54, 1.807) is 24.6 Å². The van der Waals surface area contributed by atoms with E-state index in [2.05, 4.69) is 43.0 Å². The maximum Gasteiger partial charge on any atom is 0.218 e. The van der Waals surface area contributed by atoms with Crippen molar-refractivity contribution >= 4 is 17.3 Å². The SMILES string of the molecule is CCOc1ncccc1CNC(=NC)NCC(c1cccs1)N1CCOCC1. The van der Waals surface area contributed by atoms with Crippen LogP contribution in [0.4, 0.5) is 0 Å². The highest BCUT2D eigenvalue weighted by molar-refractivity contribution is 7.10. The van der Waals surface area contributed by atoms with Crippen LogP contribution in [-0.4, -0.2) is 62.3 Å². The Bertz CT molecular complexity index is 732. The monoisotopic (exact) mass is 403 g/mol. The quantitative estimate of drug-likeness (QED) is 0.521. The summed E-state index contributed by atoms with van der Waals surface area (Å²) >= 11 is 1.79. The first-order valence-electron chi connectivity index (χ1n) is 9.68. The van der Waals surface area contributed by atoms with Crippen molar-refractivity contribution in [2.75, 3.05) is 46.5 Å². The average molecular weight is 404 g/mol. The zero-order chi connectivity index (χ0) is 19.6. The predicted molar refractivity (Wildman–Crippen MR) is 113 cm³/mol. The highest BCUT2D eigenvalue weighted by Crippen LogP contribution is 2.25. The maximum atomic E-state index is 5.60. The molecular formula is C20H29N5O2S. The third-order valence-electron chi connectivity index (χ3n) is 4.62. The van der Waals surface area contributed by atoms with Gasteiger partial charge in [0.15, 0.2) is 5.96 Å². The molecule has 1 fully saturated rings. The Morgan fingerprint density at radius 2 is 2.18 bits per heavy atom. The summed E-state index contributed by atoms with van der Waals surface area (Å²) in [4.78, 5) is 12.5. The lowest BCUT2D eigenvalue weighted by molar-refractivity contribution is 0.0177. The molecular weight excluding hydrogens is 374 g/mol. The molecule has 0 radical (unpaired) electrons. The number of morpholine rings is 1. The van der Waals surface area contributed by atoms with Gasteiger partial charge < -0.3 is 20.1 Å². The molecule has 0 bridgehead atoms. The van der Waals surface area contributed by atoms with Crippen molar-refractivity contribution in [1.82, 2.24) is 20.5 Å². The van der Waals surface area contributed by atoms with Crippen LogP contribution in [0.25, 0.3) is 0 Å². The Kier molecular flexibility index (Phi) is 8.07. The molecule has 3 heterocycles. The van der Waals surface area contributed by atoms with Gasteiger partial charge in [-0.25, -0.2) is 4.98 Å². The van der Waals surface area contributed by atoms with Crippen molar-refractivity contribution in [3.63, 3.8) is 0 Å². The number of hydrogen-bond donors (Lipinski definition) is 2. The van der Waals surface area contributed by atoms with Crippen LogP contribution in [0.1, 0.15) is 23.4 Å². The van der Waals surface area contributed by atoms with E-state index in [0.717, 1.165) is 44.4 Å². The Morgan fingerprint density at radius 1 is 1.32 bits per heavy atom. The van der Waals surface area contributed by atoms with Crippen molar-refractivity contribution in [1.29, 1.82) is 0 Å². The largest absolute Gasteiger partial charge is 0.478 e. The summed E-state index contributed by atoms with van der Waals surface area (Å²) in [6.45, 7) is 7.41. The van der Waals surface area contributed by atoms with Gasteiger partial charge in [0.2, 0.25) is 5.88 Å². The molecule has 7 nitrogen and oxygen atoms in total. The van der Waals surface area contributed by atoms with Crippen LogP contribution < -0.4 is 15.4 Å². The summed E-state index contributed by atoms with van der Waals surface area (Å²) < 4.78 is 11.1. The molecule has 2 aromatic heterocycles. The minimum absolute atomic E-state index is 0.305. The van der Waals surface area contributed by atoms with Gasteiger partial charge in [-0.1, -0.05) is 12.1 Å². The molecule has 0 spiro atoms. The van der Waals surface area contributed by atoms with Gasteiger partial charge in [-0.05, 0) is 24.4 Å². The molecule has 152 valence electrons. The molecule has 2 N–H and O–H groups in total. The fourth-order valence-electron chi connectivity index (χ4n) is 3.20. The summed E-state index contributed by atoms with van der Waals surface area (Å²) in [6, 6.07) is 8.55. The van der Waals surface area contributed by atoms with Crippen molar-refractivity contribution in [2.24, 2.45) is 4.99 Å². The Morgan fingerprint density at radius 3 is 2.89 bits per heavy atom. The van der Waals surface area contributed by atoms with Crippen molar-refractivity contribution in [2.45, 2.75) is 19.5 Å². The van der Waals surface area contributed by atoms with Gasteiger partial charge in [-0.2, -0.15) is 0 Å². The smallest absolute Gasteiger partial charge is 0.218 e. The molecule has 3 rings (SSSR count). The molecule has 8 heteroatoms. The number of ether oxygens (including phenoxy) is 2. The predicted octanol–water partition coefficient (Wildman–Crippen LogP) is 2.28. The Hall–Kier alpha value is -2.16. The topological polar surface area (TPSA) is 71.0 Å². The van der Waals surface area contributed by atoms with E-state index in [4.69, 9.17) is 9.47 Å². The number of nitrogens with one attached hydrogen (secondary N) is 2. The zero-order valence-electron chi connectivity index (χ0n) is 16.6. The van der Waals surface area contributed by atoms with Crippen molar-refractivity contribution in [3.05, 3.63) is 46.3 Å². The minimum Gasteiger partial charge on any atom is -0.478 e. The van der Waals surface area contributed by atoms with E-state index in [-0.39, 0.29) is 0 Å². The highest BCUT2D eigenvalue weighted by Gasteiger charge is 2.23. The number of pyridine rings is 1. The zero-order valence-corrected chi connectivity index (χ0v) is 17.4. The van der Waals surface area contributed by atoms with Gasteiger partial charge >= 0.3 is 0 Å². The number of guanidine groups is 1. The van der Waals surface area contributed by atoms with Crippen LogP contribution in [0.15, 0.2) is 40.8 Å². The molecule has 1 unspecified atom stereocenters. The summed E-state index contributed by atoms with van der Waals surface area (Å²) in [5.74, 6) is 1.43. The fraction of sp³-hybridized carbons (Fsp3) is 0.500. The number of aromatic nitrogens is 1. The summed E-state index contributed by atoms with van der Waals surface area (Å²) in [5, 5.41) is 8.98. The average Bonchev–Trinajstić information content (AvgIpc) is 3.27. The molecule has 0 amide bonds. The molecule has 0 aliphatic carbocycles. The van der Waals surface area contributed by atoms with E-state index >= 15 is 0 Å². The third kappa shape index (κ3) is 5.67. The van der Waals surface area contributed by atoms with E-state index in [9.17, 15) is 0 Å². The van der Waals surface area contributed by atoms with Gasteiger partial charge in [0.25, 0.3) is 0 Å². The first-order chi connectivity index (χ1) is 13.8. The second-order valence-corrected chi connectivity index (χ2v) is 7.37. The second kappa shape index (κ2) is 11.0. The van der Waals surface area contributed by atoms with Gasteiger partial charge in [0, 0.05) is 49.9 Å². The summed E-state index contributed by atoms with van der Waals surface area (Å²) in [6.07, 6.45) is 1.75. The molecule has 1 saturated heterocycles. The lowest BCUT2D eigenvalue weighted by Gasteiger charge is -2.34. The fourth-order valence-corrected chi connectivity index (χ4v) is 4.06. The number of aliphatic imine (C=N–C) groups is 1. The summed E-state index contributed by atoms with van der Waals surface area (Å²) in [7, 11) is 1.79. The molecule has 0 saturated carbocycles. The molecule has 2 aromatic rings. The van der Waals surface area contributed by atoms with Crippen LogP contribution >= 0.6 is 11.3 Å². The first-order valence-corrected chi connectivity index (χ1v) is 10.6. The van der Waals surface area contributed by atoms with Crippen LogP contribution in [0.3, 0.4) is 0 Å². The first kappa shape index (κ1) is 20.6. The van der Waals surface area contributed by atoms with Crippen LogP contribution in [0.5, 0.6) is 5.88 Å². The van der Waals surface area contributed by atoms with Crippen molar-refractivity contribution < 1.29 is 9.47 Å². The lowest BCUT2D eigenvalue weighted by atomic mass is 10.2. The molecule has 1 aliphatic rings. The number of thiophene rings is 1. The van der Waals surface area contributed by atoms with Crippen LogP contribution in [-0.2, 0) is 11.3 Å². The van der Waals surface area contributed by atoms with Crippen molar-refractivity contribution in [3.8, 4) is 5.88 Å². The lowest BCUT2D eigenvalue weighted by Crippen LogP contribution is -2.46. The van der Waals surface area contributed by atoms with Crippen LogP contribution in [0, 0.1) is 0 Å². The number of nitrogens with zero attached hydrogens (tertiary/aromatic N) is 3. The van der Waals surface area contributed by atoms with E-state index in [0.29, 0.717) is 25.1 Å². The summed E-state index contributed by atoms with van der Waals surface area (Å²) in [5.41, 5.74) is 1.01. The molecule has 28 heavy (non-hydrogen) atoms. The minimum atomic E-state index is 0.305. The Labute approximate surface area is 170 Å². The van der Waals surface area contributed by atoms with E-state index < -0.39 is 0 Å². The van der Waals surface area contributed by atoms with Gasteiger partial charge in [-0.3, -0.25) is 9.89 Å². The number of hydrogen-bond acceptors (Lipinski definition) is 6. The van der Waals surface area contributed by atoms with Gasteiger partial charge in [0.05, 0.1) is 25.9 Å². The highest BCUT2D eigenvalue weighted by atomic mass is 32.1. The second-order valence-electron chi connectivity index (χ2n) is 6.39. The van der Waals surface area contributed by atoms with Gasteiger partial charge in [-0.15, -0.1) is 11.3 Å². The standard InChI is InChI=1S/C20H29N5O2S/c1-3-27-19-16(6-4-8-22-19)14-23-20(21-2)24-15-17(18-7-5-13-28-18)25-9-11-26-12-10-25/h4-8,13,17H,3,9-12,14-15H2,1-2H3,(H2,21,23,24). The van der Waals surface area contributed by atoms with E-state index in [1.165, 1.54) is 4.88 Å². The normalized spacial score (nSPS) is 16.6. The van der Waals surface area contributed by atoms with E-state index in [1.807, 2.05) is 19.1 Å². The maximum absolute atomic E-state index is 5.60. The molecule has 1 atom stereocenters. The van der Waals surface area contributed by atoms with Crippen LogP contribution in [0.2, 0.25) is 0 Å².